The van der Waals surface area contributed by atoms with Gasteiger partial charge in [-0.2, -0.15) is 0 Å². The van der Waals surface area contributed by atoms with E-state index in [4.69, 9.17) is 9.47 Å². The molecule has 0 unspecified atom stereocenters. The first-order valence-corrected chi connectivity index (χ1v) is 10.6. The van der Waals surface area contributed by atoms with Gasteiger partial charge < -0.3 is 14.5 Å². The quantitative estimate of drug-likeness (QED) is 0.431. The van der Waals surface area contributed by atoms with Crippen molar-refractivity contribution in [2.45, 2.75) is 26.0 Å². The third-order valence-electron chi connectivity index (χ3n) is 5.52. The van der Waals surface area contributed by atoms with Crippen molar-refractivity contribution in [2.75, 3.05) is 7.11 Å². The predicted octanol–water partition coefficient (Wildman–Crippen LogP) is 4.21. The molecule has 33 heavy (non-hydrogen) atoms. The lowest BCUT2D eigenvalue weighted by molar-refractivity contribution is -0.139. The summed E-state index contributed by atoms with van der Waals surface area (Å²) in [7, 11) is 1.65. The number of imidazole rings is 1. The molecule has 3 heterocycles. The number of carbonyl (C=O) groups excluding carboxylic acids is 2. The van der Waals surface area contributed by atoms with Crippen LogP contribution in [0, 0.1) is 0 Å². The largest absolute Gasteiger partial charge is 0.457 e. The van der Waals surface area contributed by atoms with Gasteiger partial charge in [0.25, 0.3) is 0 Å². The minimum atomic E-state index is -0.172. The molecule has 2 aromatic carbocycles. The number of nitrogens with one attached hydrogen (secondary N) is 1. The number of nitrogens with zero attached hydrogens (tertiary/aromatic N) is 3. The molecule has 5 rings (SSSR count). The molecular weight excluding hydrogens is 420 g/mol. The van der Waals surface area contributed by atoms with Gasteiger partial charge in [-0.25, -0.2) is 4.98 Å². The van der Waals surface area contributed by atoms with E-state index in [0.717, 1.165) is 16.8 Å². The van der Waals surface area contributed by atoms with E-state index >= 15 is 0 Å². The first-order valence-electron chi connectivity index (χ1n) is 10.6. The summed E-state index contributed by atoms with van der Waals surface area (Å²) in [5.74, 6) is 1.46. The second kappa shape index (κ2) is 8.84. The molecule has 0 aliphatic carbocycles. The molecule has 166 valence electrons. The highest BCUT2D eigenvalue weighted by Gasteiger charge is 2.30. The Morgan fingerprint density at radius 1 is 1.03 bits per heavy atom. The van der Waals surface area contributed by atoms with E-state index in [1.807, 2.05) is 54.6 Å². The number of methoxy groups -OCH3 is 1. The maximum absolute atomic E-state index is 12.2. The van der Waals surface area contributed by atoms with Crippen LogP contribution in [0.5, 0.6) is 11.5 Å². The lowest BCUT2D eigenvalue weighted by atomic mass is 10.1. The number of H-pyrrole nitrogens is 1. The number of likely N-dealkylation sites (tertiary alicyclic amines) is 1. The van der Waals surface area contributed by atoms with Crippen LogP contribution < -0.4 is 4.74 Å². The normalized spacial score (nSPS) is 13.8. The monoisotopic (exact) mass is 442 g/mol. The fourth-order valence-corrected chi connectivity index (χ4v) is 3.84. The number of aromatic amines is 1. The Balaban J connectivity index is 1.53. The molecule has 2 amide bonds. The van der Waals surface area contributed by atoms with Crippen LogP contribution in [-0.2, 0) is 27.5 Å². The van der Waals surface area contributed by atoms with E-state index in [9.17, 15) is 9.59 Å². The van der Waals surface area contributed by atoms with E-state index in [1.165, 1.54) is 4.90 Å². The summed E-state index contributed by atoms with van der Waals surface area (Å²) in [6.45, 7) is 0.656. The minimum Gasteiger partial charge on any atom is -0.457 e. The number of fused-ring (bicyclic) bond motifs is 1. The summed E-state index contributed by atoms with van der Waals surface area (Å²) >= 11 is 0. The molecule has 8 heteroatoms. The number of rotatable bonds is 7. The Kier molecular flexibility index (Phi) is 5.58. The highest BCUT2D eigenvalue weighted by molar-refractivity contribution is 6.02. The Bertz CT molecular complexity index is 1300. The average Bonchev–Trinajstić information content (AvgIpc) is 3.39. The summed E-state index contributed by atoms with van der Waals surface area (Å²) in [5.41, 5.74) is 3.93. The smallest absolute Gasteiger partial charge is 0.230 e. The highest BCUT2D eigenvalue weighted by Crippen LogP contribution is 2.32. The topological polar surface area (TPSA) is 97.4 Å². The van der Waals surface area contributed by atoms with Crippen LogP contribution in [-0.4, -0.2) is 38.8 Å². The molecule has 1 fully saturated rings. The van der Waals surface area contributed by atoms with Crippen LogP contribution in [0.25, 0.3) is 22.6 Å². The van der Waals surface area contributed by atoms with Gasteiger partial charge in [-0.3, -0.25) is 19.5 Å². The van der Waals surface area contributed by atoms with Crippen LogP contribution >= 0.6 is 0 Å². The van der Waals surface area contributed by atoms with Gasteiger partial charge in [0, 0.05) is 37.8 Å². The summed E-state index contributed by atoms with van der Waals surface area (Å²) < 4.78 is 11.3. The molecule has 1 N–H and O–H groups in total. The van der Waals surface area contributed by atoms with Crippen LogP contribution in [0.4, 0.5) is 0 Å². The van der Waals surface area contributed by atoms with Gasteiger partial charge in [-0.05, 0) is 35.9 Å². The lowest BCUT2D eigenvalue weighted by Gasteiger charge is -2.17. The van der Waals surface area contributed by atoms with Crippen LogP contribution in [0.15, 0.2) is 60.8 Å². The third-order valence-corrected chi connectivity index (χ3v) is 5.52. The number of aromatic nitrogens is 3. The van der Waals surface area contributed by atoms with E-state index in [2.05, 4.69) is 15.0 Å². The van der Waals surface area contributed by atoms with Crippen molar-refractivity contribution in [3.05, 3.63) is 71.9 Å². The number of ether oxygens (including phenoxy) is 2. The number of carbonyl (C=O) groups is 2. The van der Waals surface area contributed by atoms with Crippen molar-refractivity contribution < 1.29 is 19.1 Å². The zero-order chi connectivity index (χ0) is 22.8. The Morgan fingerprint density at radius 2 is 1.82 bits per heavy atom. The number of imide groups is 1. The van der Waals surface area contributed by atoms with Gasteiger partial charge in [0.15, 0.2) is 5.82 Å². The van der Waals surface area contributed by atoms with E-state index in [-0.39, 0.29) is 31.2 Å². The molecule has 1 saturated heterocycles. The van der Waals surface area contributed by atoms with Gasteiger partial charge in [-0.1, -0.05) is 18.2 Å². The van der Waals surface area contributed by atoms with Gasteiger partial charge in [0.1, 0.15) is 17.2 Å². The Morgan fingerprint density at radius 3 is 2.52 bits per heavy atom. The van der Waals surface area contributed by atoms with Crippen LogP contribution in [0.1, 0.15) is 24.0 Å². The van der Waals surface area contributed by atoms with Gasteiger partial charge in [0.05, 0.1) is 24.2 Å². The summed E-state index contributed by atoms with van der Waals surface area (Å²) in [6, 6.07) is 16.9. The molecule has 1 aliphatic heterocycles. The molecule has 0 atom stereocenters. The molecule has 0 saturated carbocycles. The Hall–Kier alpha value is -4.04. The number of hydrogen-bond donors (Lipinski definition) is 1. The third kappa shape index (κ3) is 4.33. The SMILES string of the molecule is COCc1ccc(Oc2cc3nc(-c4ccccn4)[nH]c3cc2CN2C(=O)CCC2=O)cc1. The van der Waals surface area contributed by atoms with E-state index in [0.29, 0.717) is 35.0 Å². The second-order valence-corrected chi connectivity index (χ2v) is 7.83. The zero-order valence-corrected chi connectivity index (χ0v) is 18.1. The Labute approximate surface area is 190 Å². The van der Waals surface area contributed by atoms with Gasteiger partial charge in [0.2, 0.25) is 11.8 Å². The second-order valence-electron chi connectivity index (χ2n) is 7.83. The maximum Gasteiger partial charge on any atom is 0.230 e. The fourth-order valence-electron chi connectivity index (χ4n) is 3.84. The molecule has 4 aromatic rings. The van der Waals surface area contributed by atoms with Crippen molar-refractivity contribution in [3.8, 4) is 23.0 Å². The van der Waals surface area contributed by atoms with E-state index < -0.39 is 0 Å². The molecule has 1 aliphatic rings. The van der Waals surface area contributed by atoms with Crippen molar-refractivity contribution in [1.82, 2.24) is 19.9 Å². The predicted molar refractivity (Wildman–Crippen MR) is 121 cm³/mol. The average molecular weight is 442 g/mol. The highest BCUT2D eigenvalue weighted by atomic mass is 16.5. The molecule has 8 nitrogen and oxygen atoms in total. The first-order chi connectivity index (χ1) is 16.1. The standard InChI is InChI=1S/C25H22N4O4/c1-32-15-16-5-7-18(8-6-16)33-22-13-21-20(27-25(28-21)19-4-2-3-11-26-19)12-17(22)14-29-23(30)9-10-24(29)31/h2-8,11-13H,9-10,14-15H2,1H3,(H,27,28). The summed E-state index contributed by atoms with van der Waals surface area (Å²) in [6.07, 6.45) is 2.19. The van der Waals surface area contributed by atoms with Crippen molar-refractivity contribution >= 4 is 22.8 Å². The van der Waals surface area contributed by atoms with Gasteiger partial charge >= 0.3 is 0 Å². The number of pyridine rings is 1. The van der Waals surface area contributed by atoms with Gasteiger partial charge in [-0.15, -0.1) is 0 Å². The number of benzene rings is 2. The maximum atomic E-state index is 12.2. The number of hydrogen-bond acceptors (Lipinski definition) is 6. The zero-order valence-electron chi connectivity index (χ0n) is 18.1. The van der Waals surface area contributed by atoms with Crippen LogP contribution in [0.2, 0.25) is 0 Å². The molecule has 0 radical (unpaired) electrons. The van der Waals surface area contributed by atoms with Crippen molar-refractivity contribution in [2.24, 2.45) is 0 Å². The van der Waals surface area contributed by atoms with Crippen LogP contribution in [0.3, 0.4) is 0 Å². The molecule has 2 aromatic heterocycles. The van der Waals surface area contributed by atoms with Crippen molar-refractivity contribution in [3.63, 3.8) is 0 Å². The molecular formula is C25H22N4O4. The molecule has 0 spiro atoms. The minimum absolute atomic E-state index is 0.142. The summed E-state index contributed by atoms with van der Waals surface area (Å²) in [5, 5.41) is 0. The first kappa shape index (κ1) is 20.8. The number of amides is 2. The molecule has 0 bridgehead atoms. The summed E-state index contributed by atoms with van der Waals surface area (Å²) in [4.78, 5) is 38.0. The van der Waals surface area contributed by atoms with Crippen molar-refractivity contribution in [1.29, 1.82) is 0 Å². The van der Waals surface area contributed by atoms with E-state index in [1.54, 1.807) is 13.3 Å². The fraction of sp³-hybridized carbons (Fsp3) is 0.200. The lowest BCUT2D eigenvalue weighted by Crippen LogP contribution is -2.28.